The first-order valence-corrected chi connectivity index (χ1v) is 3.47. The number of carboxylic acid groups (broad SMARTS) is 1. The Hall–Kier alpha value is -0.790. The first kappa shape index (κ1) is 9.21. The maximum Gasteiger partial charge on any atom is 0.307 e. The molecule has 0 saturated carbocycles. The van der Waals surface area contributed by atoms with Gasteiger partial charge in [-0.3, -0.25) is 4.79 Å². The van der Waals surface area contributed by atoms with Gasteiger partial charge in [-0.15, -0.1) is 0 Å². The summed E-state index contributed by atoms with van der Waals surface area (Å²) < 4.78 is 0. The lowest BCUT2D eigenvalue weighted by Gasteiger charge is -2.08. The Morgan fingerprint density at radius 2 is 2.20 bits per heavy atom. The minimum absolute atomic E-state index is 0.106. The zero-order valence-electron chi connectivity index (χ0n) is 6.55. The highest BCUT2D eigenvalue weighted by atomic mass is 16.4. The lowest BCUT2D eigenvalue weighted by Crippen LogP contribution is -2.03. The van der Waals surface area contributed by atoms with Crippen molar-refractivity contribution in [3.8, 4) is 0 Å². The molecular formula is C8H14O2. The van der Waals surface area contributed by atoms with Crippen LogP contribution in [0.3, 0.4) is 0 Å². The van der Waals surface area contributed by atoms with E-state index in [1.807, 2.05) is 13.8 Å². The zero-order valence-corrected chi connectivity index (χ0v) is 6.55. The molecule has 0 aromatic rings. The third kappa shape index (κ3) is 3.28. The molecule has 1 unspecified atom stereocenters. The number of carbonyl (C=O) groups is 1. The lowest BCUT2D eigenvalue weighted by molar-refractivity contribution is -0.136. The molecule has 0 saturated heterocycles. The van der Waals surface area contributed by atoms with Crippen molar-refractivity contribution in [3.05, 3.63) is 12.2 Å². The van der Waals surface area contributed by atoms with Crippen LogP contribution in [0.1, 0.15) is 26.7 Å². The van der Waals surface area contributed by atoms with E-state index in [-0.39, 0.29) is 6.42 Å². The summed E-state index contributed by atoms with van der Waals surface area (Å²) in [6, 6.07) is 0. The molecule has 0 aliphatic carbocycles. The summed E-state index contributed by atoms with van der Waals surface area (Å²) in [5.74, 6) is -0.457. The van der Waals surface area contributed by atoms with E-state index < -0.39 is 5.97 Å². The number of hydrogen-bond donors (Lipinski definition) is 1. The van der Waals surface area contributed by atoms with Crippen molar-refractivity contribution in [2.75, 3.05) is 0 Å². The SMILES string of the molecule is C=C(CC(=O)O)C(C)CC. The van der Waals surface area contributed by atoms with Crippen molar-refractivity contribution in [1.29, 1.82) is 0 Å². The van der Waals surface area contributed by atoms with Gasteiger partial charge in [0, 0.05) is 0 Å². The van der Waals surface area contributed by atoms with E-state index in [0.717, 1.165) is 12.0 Å². The molecule has 0 rings (SSSR count). The molecule has 0 aromatic heterocycles. The Labute approximate surface area is 61.6 Å². The molecule has 0 amide bonds. The van der Waals surface area contributed by atoms with Crippen molar-refractivity contribution >= 4 is 5.97 Å². The quantitative estimate of drug-likeness (QED) is 0.610. The summed E-state index contributed by atoms with van der Waals surface area (Å²) in [7, 11) is 0. The summed E-state index contributed by atoms with van der Waals surface area (Å²) in [4.78, 5) is 10.2. The fraction of sp³-hybridized carbons (Fsp3) is 0.625. The molecule has 0 heterocycles. The Balaban J connectivity index is 3.73. The molecule has 2 heteroatoms. The first-order valence-electron chi connectivity index (χ1n) is 3.47. The fourth-order valence-electron chi connectivity index (χ4n) is 0.657. The van der Waals surface area contributed by atoms with Crippen molar-refractivity contribution in [3.63, 3.8) is 0 Å². The molecule has 2 nitrogen and oxygen atoms in total. The highest BCUT2D eigenvalue weighted by Gasteiger charge is 2.07. The van der Waals surface area contributed by atoms with Crippen LogP contribution in [0, 0.1) is 5.92 Å². The molecule has 1 N–H and O–H groups in total. The number of aliphatic carboxylic acids is 1. The van der Waals surface area contributed by atoms with Crippen LogP contribution < -0.4 is 0 Å². The molecule has 0 spiro atoms. The monoisotopic (exact) mass is 142 g/mol. The summed E-state index contributed by atoms with van der Waals surface area (Å²) in [6.07, 6.45) is 1.07. The molecule has 0 aliphatic heterocycles. The summed E-state index contributed by atoms with van der Waals surface area (Å²) in [6.45, 7) is 7.70. The molecule has 0 aromatic carbocycles. The van der Waals surface area contributed by atoms with Crippen molar-refractivity contribution < 1.29 is 9.90 Å². The Kier molecular flexibility index (Phi) is 3.77. The highest BCUT2D eigenvalue weighted by molar-refractivity contribution is 5.69. The molecule has 0 fully saturated rings. The van der Waals surface area contributed by atoms with Crippen LogP contribution in [0.2, 0.25) is 0 Å². The third-order valence-electron chi connectivity index (χ3n) is 1.69. The summed E-state index contributed by atoms with van der Waals surface area (Å²) in [5.41, 5.74) is 0.815. The van der Waals surface area contributed by atoms with Crippen LogP contribution in [0.4, 0.5) is 0 Å². The van der Waals surface area contributed by atoms with Gasteiger partial charge in [-0.2, -0.15) is 0 Å². The second-order valence-corrected chi connectivity index (χ2v) is 2.54. The van der Waals surface area contributed by atoms with E-state index >= 15 is 0 Å². The van der Waals surface area contributed by atoms with Crippen LogP contribution in [0.15, 0.2) is 12.2 Å². The Morgan fingerprint density at radius 3 is 2.50 bits per heavy atom. The predicted molar refractivity (Wildman–Crippen MR) is 40.8 cm³/mol. The first-order chi connectivity index (χ1) is 4.57. The molecular weight excluding hydrogens is 128 g/mol. The van der Waals surface area contributed by atoms with E-state index in [0.29, 0.717) is 5.92 Å². The van der Waals surface area contributed by atoms with Gasteiger partial charge in [-0.25, -0.2) is 0 Å². The topological polar surface area (TPSA) is 37.3 Å². The van der Waals surface area contributed by atoms with Gasteiger partial charge < -0.3 is 5.11 Å². The average Bonchev–Trinajstić information content (AvgIpc) is 1.85. The van der Waals surface area contributed by atoms with E-state index in [4.69, 9.17) is 5.11 Å². The van der Waals surface area contributed by atoms with Gasteiger partial charge >= 0.3 is 5.97 Å². The predicted octanol–water partition coefficient (Wildman–Crippen LogP) is 2.06. The molecule has 10 heavy (non-hydrogen) atoms. The average molecular weight is 142 g/mol. The zero-order chi connectivity index (χ0) is 8.15. The molecule has 1 atom stereocenters. The molecule has 58 valence electrons. The van der Waals surface area contributed by atoms with Crippen LogP contribution in [0.25, 0.3) is 0 Å². The van der Waals surface area contributed by atoms with Gasteiger partial charge in [0.25, 0.3) is 0 Å². The van der Waals surface area contributed by atoms with E-state index in [9.17, 15) is 4.79 Å². The minimum atomic E-state index is -0.787. The van der Waals surface area contributed by atoms with Crippen molar-refractivity contribution in [2.45, 2.75) is 26.7 Å². The van der Waals surface area contributed by atoms with E-state index in [1.54, 1.807) is 0 Å². The highest BCUT2D eigenvalue weighted by Crippen LogP contribution is 2.14. The van der Waals surface area contributed by atoms with Crippen LogP contribution in [0.5, 0.6) is 0 Å². The Morgan fingerprint density at radius 1 is 1.70 bits per heavy atom. The maximum absolute atomic E-state index is 10.2. The summed E-state index contributed by atoms with van der Waals surface area (Å²) >= 11 is 0. The van der Waals surface area contributed by atoms with Gasteiger partial charge in [0.2, 0.25) is 0 Å². The van der Waals surface area contributed by atoms with Crippen LogP contribution >= 0.6 is 0 Å². The summed E-state index contributed by atoms with van der Waals surface area (Å²) in [5, 5.41) is 8.37. The number of rotatable bonds is 4. The second kappa shape index (κ2) is 4.09. The molecule has 0 aliphatic rings. The van der Waals surface area contributed by atoms with Gasteiger partial charge in [0.15, 0.2) is 0 Å². The van der Waals surface area contributed by atoms with Gasteiger partial charge in [0.05, 0.1) is 6.42 Å². The van der Waals surface area contributed by atoms with Gasteiger partial charge in [-0.05, 0) is 12.3 Å². The number of hydrogen-bond acceptors (Lipinski definition) is 1. The normalized spacial score (nSPS) is 12.6. The molecule has 0 radical (unpaired) electrons. The van der Waals surface area contributed by atoms with Crippen LogP contribution in [-0.2, 0) is 4.79 Å². The smallest absolute Gasteiger partial charge is 0.307 e. The minimum Gasteiger partial charge on any atom is -0.481 e. The van der Waals surface area contributed by atoms with E-state index in [2.05, 4.69) is 6.58 Å². The lowest BCUT2D eigenvalue weighted by atomic mass is 9.98. The van der Waals surface area contributed by atoms with Crippen LogP contribution in [-0.4, -0.2) is 11.1 Å². The molecule has 0 bridgehead atoms. The Bertz CT molecular complexity index is 138. The van der Waals surface area contributed by atoms with Crippen molar-refractivity contribution in [2.24, 2.45) is 5.92 Å². The van der Waals surface area contributed by atoms with E-state index in [1.165, 1.54) is 0 Å². The standard InChI is InChI=1S/C8H14O2/c1-4-6(2)7(3)5-8(9)10/h6H,3-5H2,1-2H3,(H,9,10). The largest absolute Gasteiger partial charge is 0.481 e. The second-order valence-electron chi connectivity index (χ2n) is 2.54. The maximum atomic E-state index is 10.2. The number of carboxylic acids is 1. The van der Waals surface area contributed by atoms with Gasteiger partial charge in [-0.1, -0.05) is 26.0 Å². The van der Waals surface area contributed by atoms with Crippen molar-refractivity contribution in [1.82, 2.24) is 0 Å². The third-order valence-corrected chi connectivity index (χ3v) is 1.69. The fourth-order valence-corrected chi connectivity index (χ4v) is 0.657. The van der Waals surface area contributed by atoms with Gasteiger partial charge in [0.1, 0.15) is 0 Å².